The van der Waals surface area contributed by atoms with E-state index in [0.717, 1.165) is 0 Å². The zero-order chi connectivity index (χ0) is 10.1. The van der Waals surface area contributed by atoms with Gasteiger partial charge in [0.1, 0.15) is 5.75 Å². The molecule has 1 rings (SSSR count). The summed E-state index contributed by atoms with van der Waals surface area (Å²) in [6.07, 6.45) is 1.20. The molecule has 0 saturated heterocycles. The minimum absolute atomic E-state index is 0.355. The number of methoxy groups -OCH3 is 1. The van der Waals surface area contributed by atoms with Crippen molar-refractivity contribution in [3.05, 3.63) is 23.8 Å². The Morgan fingerprint density at radius 3 is 2.31 bits per heavy atom. The van der Waals surface area contributed by atoms with Gasteiger partial charge in [-0.1, -0.05) is 0 Å². The Labute approximate surface area is 78.3 Å². The Bertz CT molecular complexity index is 407. The molecule has 72 valence electrons. The van der Waals surface area contributed by atoms with E-state index in [0.29, 0.717) is 16.2 Å². The fourth-order valence-corrected chi connectivity index (χ4v) is 2.12. The zero-order valence-corrected chi connectivity index (χ0v) is 8.68. The van der Waals surface area contributed by atoms with Crippen LogP contribution in [0.5, 0.6) is 5.75 Å². The van der Waals surface area contributed by atoms with Crippen LogP contribution >= 0.6 is 0 Å². The normalized spacial score (nSPS) is 11.3. The fraction of sp³-hybridized carbons (Fsp3) is 0.333. The highest BCUT2D eigenvalue weighted by atomic mass is 32.2. The number of aryl methyl sites for hydroxylation is 1. The zero-order valence-electron chi connectivity index (χ0n) is 7.87. The Morgan fingerprint density at radius 1 is 1.31 bits per heavy atom. The van der Waals surface area contributed by atoms with Crippen molar-refractivity contribution in [3.63, 3.8) is 0 Å². The summed E-state index contributed by atoms with van der Waals surface area (Å²) in [6, 6.07) is 4.91. The molecule has 0 bridgehead atoms. The highest BCUT2D eigenvalue weighted by molar-refractivity contribution is 7.90. The van der Waals surface area contributed by atoms with Crippen molar-refractivity contribution >= 4 is 9.84 Å². The van der Waals surface area contributed by atoms with Crippen molar-refractivity contribution in [2.45, 2.75) is 11.8 Å². The van der Waals surface area contributed by atoms with E-state index in [1.54, 1.807) is 32.2 Å². The third-order valence-electron chi connectivity index (χ3n) is 1.78. The molecule has 0 heterocycles. The minimum Gasteiger partial charge on any atom is -0.497 e. The molecule has 1 aromatic rings. The van der Waals surface area contributed by atoms with Crippen LogP contribution in [0.1, 0.15) is 5.56 Å². The predicted molar refractivity (Wildman–Crippen MR) is 50.8 cm³/mol. The maximum atomic E-state index is 11.2. The highest BCUT2D eigenvalue weighted by Gasteiger charge is 2.10. The molecule has 0 fully saturated rings. The topological polar surface area (TPSA) is 43.4 Å². The standard InChI is InChI=1S/C9H12O3S/c1-7-6-8(12-2)4-5-9(7)13(3,10)11/h4-6H,1-3H3. The average Bonchev–Trinajstić information content (AvgIpc) is 2.01. The van der Waals surface area contributed by atoms with E-state index in [1.807, 2.05) is 0 Å². The first-order valence-corrected chi connectivity index (χ1v) is 5.69. The Hall–Kier alpha value is -1.03. The van der Waals surface area contributed by atoms with Crippen LogP contribution in [0.2, 0.25) is 0 Å². The quantitative estimate of drug-likeness (QED) is 0.725. The summed E-state index contributed by atoms with van der Waals surface area (Å²) in [4.78, 5) is 0.355. The number of ether oxygens (including phenoxy) is 1. The number of benzene rings is 1. The van der Waals surface area contributed by atoms with E-state index in [4.69, 9.17) is 4.74 Å². The molecule has 0 aliphatic heterocycles. The van der Waals surface area contributed by atoms with Crippen LogP contribution < -0.4 is 4.74 Å². The monoisotopic (exact) mass is 200 g/mol. The summed E-state index contributed by atoms with van der Waals surface area (Å²) in [5.41, 5.74) is 0.710. The van der Waals surface area contributed by atoms with Gasteiger partial charge in [0, 0.05) is 6.26 Å². The Balaban J connectivity index is 3.29. The van der Waals surface area contributed by atoms with Crippen molar-refractivity contribution in [2.24, 2.45) is 0 Å². The summed E-state index contributed by atoms with van der Waals surface area (Å²) >= 11 is 0. The van der Waals surface area contributed by atoms with Crippen molar-refractivity contribution < 1.29 is 13.2 Å². The van der Waals surface area contributed by atoms with Crippen LogP contribution in [0.15, 0.2) is 23.1 Å². The van der Waals surface area contributed by atoms with Crippen molar-refractivity contribution in [1.29, 1.82) is 0 Å². The first-order valence-electron chi connectivity index (χ1n) is 3.80. The van der Waals surface area contributed by atoms with Crippen LogP contribution in [0.3, 0.4) is 0 Å². The van der Waals surface area contributed by atoms with Gasteiger partial charge in [-0.3, -0.25) is 0 Å². The predicted octanol–water partition coefficient (Wildman–Crippen LogP) is 1.41. The van der Waals surface area contributed by atoms with Gasteiger partial charge in [-0.05, 0) is 30.7 Å². The van der Waals surface area contributed by atoms with Crippen LogP contribution in [0.25, 0.3) is 0 Å². The largest absolute Gasteiger partial charge is 0.497 e. The second kappa shape index (κ2) is 3.38. The number of rotatable bonds is 2. The lowest BCUT2D eigenvalue weighted by Crippen LogP contribution is -1.99. The summed E-state index contributed by atoms with van der Waals surface area (Å²) in [7, 11) is -1.56. The summed E-state index contributed by atoms with van der Waals surface area (Å²) in [5.74, 6) is 0.671. The molecule has 0 aliphatic rings. The molecule has 0 spiro atoms. The molecule has 0 aromatic heterocycles. The summed E-state index contributed by atoms with van der Waals surface area (Å²) in [5, 5.41) is 0. The van der Waals surface area contributed by atoms with E-state index in [2.05, 4.69) is 0 Å². The second-order valence-electron chi connectivity index (χ2n) is 2.90. The van der Waals surface area contributed by atoms with Crippen LogP contribution in [0, 0.1) is 6.92 Å². The first-order chi connectivity index (χ1) is 5.95. The van der Waals surface area contributed by atoms with Crippen LogP contribution in [-0.2, 0) is 9.84 Å². The third kappa shape index (κ3) is 2.21. The molecule has 0 unspecified atom stereocenters. The number of hydrogen-bond acceptors (Lipinski definition) is 3. The lowest BCUT2D eigenvalue weighted by Gasteiger charge is -2.05. The molecular formula is C9H12O3S. The number of sulfone groups is 1. The molecule has 0 radical (unpaired) electrons. The van der Waals surface area contributed by atoms with Crippen molar-refractivity contribution in [2.75, 3.05) is 13.4 Å². The van der Waals surface area contributed by atoms with Gasteiger partial charge in [0.2, 0.25) is 0 Å². The molecule has 3 nitrogen and oxygen atoms in total. The summed E-state index contributed by atoms with van der Waals surface area (Å²) < 4.78 is 27.4. The molecule has 0 N–H and O–H groups in total. The average molecular weight is 200 g/mol. The minimum atomic E-state index is -3.11. The molecule has 0 saturated carbocycles. The van der Waals surface area contributed by atoms with Gasteiger partial charge in [0.25, 0.3) is 0 Å². The molecular weight excluding hydrogens is 188 g/mol. The van der Waals surface area contributed by atoms with E-state index in [1.165, 1.54) is 6.26 Å². The van der Waals surface area contributed by atoms with E-state index < -0.39 is 9.84 Å². The van der Waals surface area contributed by atoms with Crippen molar-refractivity contribution in [3.8, 4) is 5.75 Å². The summed E-state index contributed by atoms with van der Waals surface area (Å²) in [6.45, 7) is 1.75. The van der Waals surface area contributed by atoms with Gasteiger partial charge in [-0.25, -0.2) is 8.42 Å². The highest BCUT2D eigenvalue weighted by Crippen LogP contribution is 2.20. The second-order valence-corrected chi connectivity index (χ2v) is 4.89. The van der Waals surface area contributed by atoms with E-state index >= 15 is 0 Å². The molecule has 0 atom stereocenters. The van der Waals surface area contributed by atoms with E-state index in [-0.39, 0.29) is 0 Å². The van der Waals surface area contributed by atoms with Gasteiger partial charge < -0.3 is 4.74 Å². The maximum Gasteiger partial charge on any atom is 0.175 e. The molecule has 0 amide bonds. The van der Waals surface area contributed by atoms with Gasteiger partial charge in [0.15, 0.2) is 9.84 Å². The number of hydrogen-bond donors (Lipinski definition) is 0. The fourth-order valence-electron chi connectivity index (χ4n) is 1.16. The molecule has 4 heteroatoms. The SMILES string of the molecule is COc1ccc(S(C)(=O)=O)c(C)c1. The van der Waals surface area contributed by atoms with Crippen LogP contribution in [0.4, 0.5) is 0 Å². The van der Waals surface area contributed by atoms with Gasteiger partial charge in [-0.2, -0.15) is 0 Å². The third-order valence-corrected chi connectivity index (χ3v) is 3.04. The first kappa shape index (κ1) is 10.1. The van der Waals surface area contributed by atoms with Gasteiger partial charge in [0.05, 0.1) is 12.0 Å². The maximum absolute atomic E-state index is 11.2. The molecule has 13 heavy (non-hydrogen) atoms. The van der Waals surface area contributed by atoms with Gasteiger partial charge >= 0.3 is 0 Å². The van der Waals surface area contributed by atoms with Crippen molar-refractivity contribution in [1.82, 2.24) is 0 Å². The van der Waals surface area contributed by atoms with E-state index in [9.17, 15) is 8.42 Å². The molecule has 0 aliphatic carbocycles. The molecule has 1 aromatic carbocycles. The Kier molecular flexibility index (Phi) is 2.61. The lowest BCUT2D eigenvalue weighted by molar-refractivity contribution is 0.414. The smallest absolute Gasteiger partial charge is 0.175 e. The van der Waals surface area contributed by atoms with Crippen LogP contribution in [-0.4, -0.2) is 21.8 Å². The lowest BCUT2D eigenvalue weighted by atomic mass is 10.2. The van der Waals surface area contributed by atoms with Gasteiger partial charge in [-0.15, -0.1) is 0 Å². The Morgan fingerprint density at radius 2 is 1.92 bits per heavy atom.